The Morgan fingerprint density at radius 1 is 0.939 bits per heavy atom. The normalized spacial score (nSPS) is 12.3. The van der Waals surface area contributed by atoms with Gasteiger partial charge in [-0.1, -0.05) is 54.1 Å². The van der Waals surface area contributed by atoms with Crippen LogP contribution in [-0.4, -0.2) is 29.0 Å². The van der Waals surface area contributed by atoms with E-state index in [1.807, 2.05) is 42.5 Å². The summed E-state index contributed by atoms with van der Waals surface area (Å²) in [6, 6.07) is 22.0. The number of nitrogens with zero attached hydrogens (tertiary/aromatic N) is 1. The van der Waals surface area contributed by atoms with Gasteiger partial charge in [0, 0.05) is 23.3 Å². The molecule has 3 aromatic rings. The van der Waals surface area contributed by atoms with Crippen LogP contribution in [0, 0.1) is 0 Å². The number of benzene rings is 3. The van der Waals surface area contributed by atoms with Gasteiger partial charge in [0.2, 0.25) is 18.6 Å². The number of halogens is 1. The number of nitrogens with one attached hydrogen (secondary N) is 1. The van der Waals surface area contributed by atoms with Crippen LogP contribution in [0.25, 0.3) is 0 Å². The summed E-state index contributed by atoms with van der Waals surface area (Å²) in [4.78, 5) is 28.4. The average molecular weight is 465 g/mol. The summed E-state index contributed by atoms with van der Waals surface area (Å²) in [5.41, 5.74) is 1.20. The summed E-state index contributed by atoms with van der Waals surface area (Å²) >= 11 is 6.03. The van der Waals surface area contributed by atoms with Gasteiger partial charge >= 0.3 is 0 Å². The van der Waals surface area contributed by atoms with Crippen LogP contribution in [0.4, 0.5) is 5.69 Å². The summed E-state index contributed by atoms with van der Waals surface area (Å²) in [7, 11) is 0. The molecule has 7 heteroatoms. The summed E-state index contributed by atoms with van der Waals surface area (Å²) in [6.07, 6.45) is 0.190. The van der Waals surface area contributed by atoms with Crippen molar-refractivity contribution < 1.29 is 19.1 Å². The first kappa shape index (κ1) is 22.7. The number of hydrogen-bond acceptors (Lipinski definition) is 4. The maximum atomic E-state index is 13.4. The average Bonchev–Trinajstić information content (AvgIpc) is 3.27. The lowest BCUT2D eigenvalue weighted by Gasteiger charge is -2.37. The predicted molar refractivity (Wildman–Crippen MR) is 127 cm³/mol. The highest BCUT2D eigenvalue weighted by Crippen LogP contribution is 2.34. The maximum Gasteiger partial charge on any atom is 0.249 e. The van der Waals surface area contributed by atoms with Crippen molar-refractivity contribution in [1.82, 2.24) is 4.90 Å². The number of fused-ring (bicyclic) bond motifs is 1. The minimum atomic E-state index is -1.14. The van der Waals surface area contributed by atoms with E-state index in [1.165, 1.54) is 0 Å². The lowest BCUT2D eigenvalue weighted by Crippen LogP contribution is -2.55. The second-order valence-electron chi connectivity index (χ2n) is 8.35. The van der Waals surface area contributed by atoms with Crippen LogP contribution in [0.1, 0.15) is 25.0 Å². The maximum absolute atomic E-state index is 13.4. The fourth-order valence-electron chi connectivity index (χ4n) is 3.62. The van der Waals surface area contributed by atoms with E-state index in [0.717, 1.165) is 11.1 Å². The van der Waals surface area contributed by atoms with Crippen molar-refractivity contribution in [3.8, 4) is 11.5 Å². The first-order chi connectivity index (χ1) is 15.8. The Bertz CT molecular complexity index is 1150. The Hall–Kier alpha value is -3.51. The fraction of sp³-hybridized carbons (Fsp3) is 0.231. The molecule has 0 bridgehead atoms. The molecule has 0 atom stereocenters. The van der Waals surface area contributed by atoms with Crippen LogP contribution in [0.5, 0.6) is 11.5 Å². The van der Waals surface area contributed by atoms with E-state index < -0.39 is 5.54 Å². The number of ether oxygens (including phenoxy) is 2. The quantitative estimate of drug-likeness (QED) is 0.531. The first-order valence-corrected chi connectivity index (χ1v) is 11.0. The Kier molecular flexibility index (Phi) is 6.56. The van der Waals surface area contributed by atoms with Gasteiger partial charge in [0.1, 0.15) is 5.54 Å². The standard InChI is InChI=1S/C26H25ClN2O4/c1-26(2,25(31)28-21-12-13-22-23(15-21)33-17-32-22)29(16-19-8-10-20(27)11-9-19)24(30)14-18-6-4-3-5-7-18/h3-13,15H,14,16-17H2,1-2H3,(H,28,31). The number of anilines is 1. The van der Waals surface area contributed by atoms with Gasteiger partial charge in [0.05, 0.1) is 6.42 Å². The van der Waals surface area contributed by atoms with E-state index in [4.69, 9.17) is 21.1 Å². The zero-order valence-corrected chi connectivity index (χ0v) is 19.3. The predicted octanol–water partition coefficient (Wildman–Crippen LogP) is 5.06. The molecule has 0 saturated carbocycles. The van der Waals surface area contributed by atoms with Gasteiger partial charge in [-0.05, 0) is 49.2 Å². The molecule has 0 saturated heterocycles. The molecule has 0 radical (unpaired) electrons. The van der Waals surface area contributed by atoms with Crippen LogP contribution in [0.15, 0.2) is 72.8 Å². The van der Waals surface area contributed by atoms with E-state index in [0.29, 0.717) is 22.2 Å². The van der Waals surface area contributed by atoms with Crippen molar-refractivity contribution in [2.45, 2.75) is 32.4 Å². The largest absolute Gasteiger partial charge is 0.454 e. The molecule has 6 nitrogen and oxygen atoms in total. The van der Waals surface area contributed by atoms with Crippen molar-refractivity contribution >= 4 is 29.1 Å². The molecule has 33 heavy (non-hydrogen) atoms. The monoisotopic (exact) mass is 464 g/mol. The molecular formula is C26H25ClN2O4. The molecule has 0 fully saturated rings. The number of carbonyl (C=O) groups is 2. The Labute approximate surface area is 198 Å². The van der Waals surface area contributed by atoms with Crippen molar-refractivity contribution in [3.63, 3.8) is 0 Å². The Morgan fingerprint density at radius 2 is 1.64 bits per heavy atom. The molecule has 0 aromatic heterocycles. The van der Waals surface area contributed by atoms with Crippen LogP contribution in [0.2, 0.25) is 5.02 Å². The highest BCUT2D eigenvalue weighted by Gasteiger charge is 2.38. The molecular weight excluding hydrogens is 440 g/mol. The lowest BCUT2D eigenvalue weighted by molar-refractivity contribution is -0.144. The number of carbonyl (C=O) groups excluding carboxylic acids is 2. The van der Waals surface area contributed by atoms with E-state index in [1.54, 1.807) is 49.1 Å². The molecule has 1 aliphatic rings. The Balaban J connectivity index is 1.58. The third kappa shape index (κ3) is 5.29. The zero-order chi connectivity index (χ0) is 23.4. The van der Waals surface area contributed by atoms with Crippen LogP contribution < -0.4 is 14.8 Å². The van der Waals surface area contributed by atoms with E-state index in [-0.39, 0.29) is 31.6 Å². The van der Waals surface area contributed by atoms with Gasteiger partial charge in [-0.2, -0.15) is 0 Å². The molecule has 2 amide bonds. The molecule has 0 unspecified atom stereocenters. The third-order valence-electron chi connectivity index (χ3n) is 5.61. The summed E-state index contributed by atoms with van der Waals surface area (Å²) < 4.78 is 10.7. The second kappa shape index (κ2) is 9.55. The van der Waals surface area contributed by atoms with Crippen LogP contribution in [0.3, 0.4) is 0 Å². The summed E-state index contributed by atoms with van der Waals surface area (Å²) in [6.45, 7) is 3.91. The van der Waals surface area contributed by atoms with Gasteiger partial charge in [-0.3, -0.25) is 9.59 Å². The van der Waals surface area contributed by atoms with Crippen molar-refractivity contribution in [1.29, 1.82) is 0 Å². The topological polar surface area (TPSA) is 67.9 Å². The highest BCUT2D eigenvalue weighted by atomic mass is 35.5. The molecule has 1 aliphatic heterocycles. The van der Waals surface area contributed by atoms with Gasteiger partial charge in [-0.25, -0.2) is 0 Å². The molecule has 3 aromatic carbocycles. The van der Waals surface area contributed by atoms with Crippen molar-refractivity contribution in [3.05, 3.63) is 88.9 Å². The summed E-state index contributed by atoms with van der Waals surface area (Å²) in [5, 5.41) is 3.53. The van der Waals surface area contributed by atoms with E-state index >= 15 is 0 Å². The number of hydrogen-bond donors (Lipinski definition) is 1. The van der Waals surface area contributed by atoms with Crippen molar-refractivity contribution in [2.75, 3.05) is 12.1 Å². The van der Waals surface area contributed by atoms with E-state index in [9.17, 15) is 9.59 Å². The Morgan fingerprint density at radius 3 is 2.36 bits per heavy atom. The molecule has 170 valence electrons. The SMILES string of the molecule is CC(C)(C(=O)Nc1ccc2c(c1)OCO2)N(Cc1ccc(Cl)cc1)C(=O)Cc1ccccc1. The van der Waals surface area contributed by atoms with Crippen molar-refractivity contribution in [2.24, 2.45) is 0 Å². The van der Waals surface area contributed by atoms with Gasteiger partial charge in [-0.15, -0.1) is 0 Å². The fourth-order valence-corrected chi connectivity index (χ4v) is 3.74. The second-order valence-corrected chi connectivity index (χ2v) is 8.79. The molecule has 4 rings (SSSR count). The smallest absolute Gasteiger partial charge is 0.249 e. The minimum Gasteiger partial charge on any atom is -0.454 e. The lowest BCUT2D eigenvalue weighted by atomic mass is 9.98. The zero-order valence-electron chi connectivity index (χ0n) is 18.5. The first-order valence-electron chi connectivity index (χ1n) is 10.6. The molecule has 1 heterocycles. The third-order valence-corrected chi connectivity index (χ3v) is 5.87. The molecule has 0 aliphatic carbocycles. The van der Waals surface area contributed by atoms with Gasteiger partial charge in [0.25, 0.3) is 0 Å². The summed E-state index contributed by atoms with van der Waals surface area (Å²) in [5.74, 6) is 0.747. The molecule has 0 spiro atoms. The van der Waals surface area contributed by atoms with Crippen LogP contribution >= 0.6 is 11.6 Å². The van der Waals surface area contributed by atoms with Gasteiger partial charge in [0.15, 0.2) is 11.5 Å². The van der Waals surface area contributed by atoms with Crippen LogP contribution in [-0.2, 0) is 22.6 Å². The molecule has 1 N–H and O–H groups in total. The minimum absolute atomic E-state index is 0.151. The number of amides is 2. The number of rotatable bonds is 7. The highest BCUT2D eigenvalue weighted by molar-refractivity contribution is 6.30. The van der Waals surface area contributed by atoms with Gasteiger partial charge < -0.3 is 19.7 Å². The van der Waals surface area contributed by atoms with E-state index in [2.05, 4.69) is 5.32 Å².